The second-order valence-electron chi connectivity index (χ2n) is 6.35. The van der Waals surface area contributed by atoms with E-state index in [0.29, 0.717) is 27.3 Å². The van der Waals surface area contributed by atoms with E-state index in [1.807, 2.05) is 61.5 Å². The van der Waals surface area contributed by atoms with E-state index in [2.05, 4.69) is 22.6 Å². The minimum absolute atomic E-state index is 0.00279. The van der Waals surface area contributed by atoms with Crippen LogP contribution in [-0.2, 0) is 0 Å². The maximum atomic E-state index is 12.7. The largest absolute Gasteiger partial charge is 0.422 e. The summed E-state index contributed by atoms with van der Waals surface area (Å²) >= 11 is 3.56. The molecule has 0 spiro atoms. The second kappa shape index (κ2) is 7.93. The van der Waals surface area contributed by atoms with E-state index < -0.39 is 5.97 Å². The maximum absolute atomic E-state index is 12.7. The van der Waals surface area contributed by atoms with Crippen LogP contribution >= 0.6 is 34.4 Å². The molecule has 0 aromatic heterocycles. The number of Topliss-reactive ketones (excluding diaryl/α,β-unsaturated/α-hetero) is 1. The molecule has 0 saturated heterocycles. The summed E-state index contributed by atoms with van der Waals surface area (Å²) in [5, 5.41) is 0. The third-order valence-electron chi connectivity index (χ3n) is 4.32. The Balaban J connectivity index is 1.68. The van der Waals surface area contributed by atoms with Crippen LogP contribution in [0.25, 0.3) is 6.08 Å². The van der Waals surface area contributed by atoms with Crippen molar-refractivity contribution < 1.29 is 14.3 Å². The molecule has 5 heteroatoms. The van der Waals surface area contributed by atoms with Crippen LogP contribution in [0.5, 0.6) is 5.75 Å². The summed E-state index contributed by atoms with van der Waals surface area (Å²) in [5.41, 5.74) is 2.96. The van der Waals surface area contributed by atoms with Gasteiger partial charge in [-0.3, -0.25) is 4.79 Å². The van der Waals surface area contributed by atoms with E-state index in [4.69, 9.17) is 4.74 Å². The van der Waals surface area contributed by atoms with Gasteiger partial charge in [0.05, 0.1) is 10.5 Å². The van der Waals surface area contributed by atoms with Crippen molar-refractivity contribution in [3.63, 3.8) is 0 Å². The predicted molar refractivity (Wildman–Crippen MR) is 120 cm³/mol. The molecule has 1 heterocycles. The Labute approximate surface area is 180 Å². The van der Waals surface area contributed by atoms with Gasteiger partial charge in [-0.1, -0.05) is 47.7 Å². The van der Waals surface area contributed by atoms with Crippen molar-refractivity contribution >= 4 is 52.2 Å². The molecule has 0 N–H and O–H groups in total. The molecule has 0 amide bonds. The molecule has 0 bridgehead atoms. The minimum Gasteiger partial charge on any atom is -0.422 e. The van der Waals surface area contributed by atoms with Crippen LogP contribution in [0.15, 0.2) is 76.5 Å². The van der Waals surface area contributed by atoms with Crippen LogP contribution in [0.3, 0.4) is 0 Å². The summed E-state index contributed by atoms with van der Waals surface area (Å²) in [6, 6.07) is 20.4. The molecule has 1 aliphatic rings. The third-order valence-corrected chi connectivity index (χ3v) is 6.36. The summed E-state index contributed by atoms with van der Waals surface area (Å²) in [5.74, 6) is 0.0197. The number of rotatable bonds is 3. The summed E-state index contributed by atoms with van der Waals surface area (Å²) in [6.07, 6.45) is 1.80. The maximum Gasteiger partial charge on any atom is 0.344 e. The molecule has 0 radical (unpaired) electrons. The number of allylic oxidation sites excluding steroid dienone is 1. The van der Waals surface area contributed by atoms with Crippen LogP contribution in [0.2, 0.25) is 0 Å². The zero-order valence-corrected chi connectivity index (χ0v) is 17.9. The fraction of sp³-hybridized carbons (Fsp3) is 0.0435. The van der Waals surface area contributed by atoms with Gasteiger partial charge in [-0.15, -0.1) is 0 Å². The van der Waals surface area contributed by atoms with E-state index in [-0.39, 0.29) is 5.78 Å². The van der Waals surface area contributed by atoms with E-state index >= 15 is 0 Å². The number of aryl methyl sites for hydroxylation is 1. The summed E-state index contributed by atoms with van der Waals surface area (Å²) in [4.78, 5) is 26.9. The van der Waals surface area contributed by atoms with Gasteiger partial charge in [0.25, 0.3) is 0 Å². The van der Waals surface area contributed by atoms with Gasteiger partial charge < -0.3 is 4.74 Å². The molecule has 0 atom stereocenters. The standard InChI is InChI=1S/C23H15IO3S/c1-14-10-11-19(27-23(26)16-6-2-4-8-18(16)24)15(12-14)13-21-22(25)17-7-3-5-9-20(17)28-21/h2-13H,1H3. The lowest BCUT2D eigenvalue weighted by Crippen LogP contribution is -2.11. The molecule has 0 unspecified atom stereocenters. The van der Waals surface area contributed by atoms with Gasteiger partial charge in [0.1, 0.15) is 5.75 Å². The highest BCUT2D eigenvalue weighted by Crippen LogP contribution is 2.41. The number of esters is 1. The first-order valence-electron chi connectivity index (χ1n) is 8.63. The van der Waals surface area contributed by atoms with Crippen molar-refractivity contribution in [2.75, 3.05) is 0 Å². The molecule has 3 aromatic carbocycles. The first-order chi connectivity index (χ1) is 13.5. The first-order valence-corrected chi connectivity index (χ1v) is 10.5. The van der Waals surface area contributed by atoms with Gasteiger partial charge in [0.2, 0.25) is 5.78 Å². The summed E-state index contributed by atoms with van der Waals surface area (Å²) < 4.78 is 6.51. The van der Waals surface area contributed by atoms with E-state index in [1.54, 1.807) is 18.2 Å². The molecule has 3 nitrogen and oxygen atoms in total. The first kappa shape index (κ1) is 19.0. The van der Waals surface area contributed by atoms with Gasteiger partial charge in [0.15, 0.2) is 0 Å². The molecular formula is C23H15IO3S. The number of hydrogen-bond donors (Lipinski definition) is 0. The number of halogens is 1. The Morgan fingerprint density at radius 2 is 1.79 bits per heavy atom. The van der Waals surface area contributed by atoms with Crippen molar-refractivity contribution in [1.82, 2.24) is 0 Å². The molecule has 0 saturated carbocycles. The van der Waals surface area contributed by atoms with Gasteiger partial charge in [-0.2, -0.15) is 0 Å². The number of benzene rings is 3. The van der Waals surface area contributed by atoms with E-state index in [0.717, 1.165) is 14.0 Å². The highest BCUT2D eigenvalue weighted by atomic mass is 127. The topological polar surface area (TPSA) is 43.4 Å². The van der Waals surface area contributed by atoms with Gasteiger partial charge in [-0.25, -0.2) is 4.79 Å². The third kappa shape index (κ3) is 3.77. The fourth-order valence-electron chi connectivity index (χ4n) is 2.93. The fourth-order valence-corrected chi connectivity index (χ4v) is 4.58. The van der Waals surface area contributed by atoms with Gasteiger partial charge in [-0.05, 0) is 72.0 Å². The molecule has 3 aromatic rings. The summed E-state index contributed by atoms with van der Waals surface area (Å²) in [6.45, 7) is 1.96. The smallest absolute Gasteiger partial charge is 0.344 e. The van der Waals surface area contributed by atoms with E-state index in [1.165, 1.54) is 11.8 Å². The predicted octanol–water partition coefficient (Wildman–Crippen LogP) is 6.15. The van der Waals surface area contributed by atoms with Crippen LogP contribution in [-0.4, -0.2) is 11.8 Å². The lowest BCUT2D eigenvalue weighted by molar-refractivity contribution is 0.0733. The minimum atomic E-state index is -0.415. The molecule has 0 aliphatic carbocycles. The molecule has 138 valence electrons. The van der Waals surface area contributed by atoms with Crippen molar-refractivity contribution in [3.8, 4) is 5.75 Å². The molecule has 28 heavy (non-hydrogen) atoms. The Hall–Kier alpha value is -2.38. The Bertz CT molecular complexity index is 1130. The number of hydrogen-bond acceptors (Lipinski definition) is 4. The van der Waals surface area contributed by atoms with Crippen molar-refractivity contribution in [2.45, 2.75) is 11.8 Å². The Kier molecular flexibility index (Phi) is 5.37. The normalized spacial score (nSPS) is 14.2. The molecule has 0 fully saturated rings. The van der Waals surface area contributed by atoms with Crippen LogP contribution < -0.4 is 4.74 Å². The molecule has 4 rings (SSSR count). The van der Waals surface area contributed by atoms with Crippen molar-refractivity contribution in [1.29, 1.82) is 0 Å². The molecular weight excluding hydrogens is 483 g/mol. The summed E-state index contributed by atoms with van der Waals surface area (Å²) in [7, 11) is 0. The average Bonchev–Trinajstić information content (AvgIpc) is 3.00. The Morgan fingerprint density at radius 3 is 2.57 bits per heavy atom. The number of thioether (sulfide) groups is 1. The van der Waals surface area contributed by atoms with Gasteiger partial charge in [0, 0.05) is 19.6 Å². The lowest BCUT2D eigenvalue weighted by atomic mass is 10.1. The number of carbonyl (C=O) groups excluding carboxylic acids is 2. The second-order valence-corrected chi connectivity index (χ2v) is 8.59. The monoisotopic (exact) mass is 498 g/mol. The van der Waals surface area contributed by atoms with Crippen LogP contribution in [0.4, 0.5) is 0 Å². The van der Waals surface area contributed by atoms with Crippen molar-refractivity contribution in [3.05, 3.63) is 97.5 Å². The Morgan fingerprint density at radius 1 is 1.04 bits per heavy atom. The highest BCUT2D eigenvalue weighted by molar-refractivity contribution is 14.1. The number of carbonyl (C=O) groups is 2. The number of ether oxygens (including phenoxy) is 1. The van der Waals surface area contributed by atoms with E-state index in [9.17, 15) is 9.59 Å². The lowest BCUT2D eigenvalue weighted by Gasteiger charge is -2.10. The number of ketones is 1. The zero-order chi connectivity index (χ0) is 19.7. The quantitative estimate of drug-likeness (QED) is 0.188. The van der Waals surface area contributed by atoms with Gasteiger partial charge >= 0.3 is 5.97 Å². The van der Waals surface area contributed by atoms with Crippen molar-refractivity contribution in [2.24, 2.45) is 0 Å². The highest BCUT2D eigenvalue weighted by Gasteiger charge is 2.25. The zero-order valence-electron chi connectivity index (χ0n) is 14.9. The average molecular weight is 498 g/mol. The number of fused-ring (bicyclic) bond motifs is 1. The molecule has 1 aliphatic heterocycles. The SMILES string of the molecule is Cc1ccc(OC(=O)c2ccccc2I)c(C=C2Sc3ccccc3C2=O)c1. The van der Waals surface area contributed by atoms with Crippen LogP contribution in [0.1, 0.15) is 31.8 Å². The van der Waals surface area contributed by atoms with Crippen LogP contribution in [0, 0.1) is 10.5 Å².